The first-order chi connectivity index (χ1) is 13.5. The predicted octanol–water partition coefficient (Wildman–Crippen LogP) is 3.32. The summed E-state index contributed by atoms with van der Waals surface area (Å²) in [5, 5.41) is 0. The molecule has 0 aromatic heterocycles. The molecule has 2 aromatic rings. The predicted molar refractivity (Wildman–Crippen MR) is 102 cm³/mol. The van der Waals surface area contributed by atoms with E-state index >= 15 is 0 Å². The Morgan fingerprint density at radius 1 is 0.929 bits per heavy atom. The fourth-order valence-corrected chi connectivity index (χ4v) is 3.72. The van der Waals surface area contributed by atoms with Gasteiger partial charge in [0.15, 0.2) is 23.4 Å². The minimum absolute atomic E-state index is 0.0795. The van der Waals surface area contributed by atoms with Crippen LogP contribution in [-0.4, -0.2) is 36.2 Å². The summed E-state index contributed by atoms with van der Waals surface area (Å²) in [6, 6.07) is 17.2. The van der Waals surface area contributed by atoms with Crippen molar-refractivity contribution < 1.29 is 23.9 Å². The van der Waals surface area contributed by atoms with Crippen molar-refractivity contribution in [2.24, 2.45) is 0 Å². The molecule has 2 aliphatic rings. The lowest BCUT2D eigenvalue weighted by atomic mass is 9.85. The number of ether oxygens (including phenoxy) is 2. The van der Waals surface area contributed by atoms with Gasteiger partial charge in [0.1, 0.15) is 5.60 Å². The lowest BCUT2D eigenvalue weighted by Crippen LogP contribution is -2.38. The summed E-state index contributed by atoms with van der Waals surface area (Å²) in [5.74, 6) is -1.11. The van der Waals surface area contributed by atoms with Gasteiger partial charge in [0.05, 0.1) is 7.11 Å². The second-order valence-corrected chi connectivity index (χ2v) is 6.86. The smallest absolute Gasteiger partial charge is 0.230 e. The molecule has 0 saturated heterocycles. The largest absolute Gasteiger partial charge is 0.493 e. The first-order valence-electron chi connectivity index (χ1n) is 8.89. The second kappa shape index (κ2) is 6.69. The minimum Gasteiger partial charge on any atom is -0.493 e. The molecule has 5 nitrogen and oxygen atoms in total. The minimum atomic E-state index is -1.23. The molecule has 0 unspecified atom stereocenters. The molecule has 2 aliphatic heterocycles. The Balaban J connectivity index is 1.93. The van der Waals surface area contributed by atoms with Gasteiger partial charge in [-0.3, -0.25) is 14.4 Å². The average molecular weight is 374 g/mol. The van der Waals surface area contributed by atoms with Gasteiger partial charge >= 0.3 is 0 Å². The Kier molecular flexibility index (Phi) is 4.32. The first kappa shape index (κ1) is 18.1. The fraction of sp³-hybridized carbons (Fsp3) is 0.174. The monoisotopic (exact) mass is 374 g/mol. The third-order valence-corrected chi connectivity index (χ3v) is 5.04. The third-order valence-electron chi connectivity index (χ3n) is 5.04. The Labute approximate surface area is 162 Å². The van der Waals surface area contributed by atoms with E-state index in [0.717, 1.165) is 0 Å². The topological polar surface area (TPSA) is 69.7 Å². The number of carbonyl (C=O) groups is 3. The molecule has 0 N–H and O–H groups in total. The van der Waals surface area contributed by atoms with Gasteiger partial charge in [-0.2, -0.15) is 0 Å². The van der Waals surface area contributed by atoms with Crippen LogP contribution >= 0.6 is 0 Å². The summed E-state index contributed by atoms with van der Waals surface area (Å²) in [7, 11) is 1.38. The maximum Gasteiger partial charge on any atom is 0.230 e. The number of benzene rings is 2. The molecule has 0 saturated carbocycles. The van der Waals surface area contributed by atoms with Crippen molar-refractivity contribution in [3.05, 3.63) is 94.8 Å². The maximum absolute atomic E-state index is 13.4. The highest BCUT2D eigenvalue weighted by Crippen LogP contribution is 2.45. The van der Waals surface area contributed by atoms with E-state index in [1.165, 1.54) is 13.2 Å². The molecular formula is C23H18O5. The molecule has 2 aromatic carbocycles. The molecule has 0 amide bonds. The molecule has 0 fully saturated rings. The summed E-state index contributed by atoms with van der Waals surface area (Å²) in [4.78, 5) is 39.5. The van der Waals surface area contributed by atoms with Crippen molar-refractivity contribution in [1.82, 2.24) is 0 Å². The summed E-state index contributed by atoms with van der Waals surface area (Å²) < 4.78 is 11.1. The number of fused-ring (bicyclic) bond motifs is 2. The van der Waals surface area contributed by atoms with Gasteiger partial charge in [0.25, 0.3) is 0 Å². The SMILES string of the molecule is COC1=C[C@]2(C)O[C@H](C1=O)C(C(=O)c1ccccc1)=C2C(=O)c1ccccc1. The van der Waals surface area contributed by atoms with Crippen molar-refractivity contribution in [2.45, 2.75) is 18.6 Å². The zero-order valence-electron chi connectivity index (χ0n) is 15.5. The highest BCUT2D eigenvalue weighted by molar-refractivity contribution is 6.24. The fourth-order valence-electron chi connectivity index (χ4n) is 3.72. The van der Waals surface area contributed by atoms with E-state index in [9.17, 15) is 14.4 Å². The van der Waals surface area contributed by atoms with Crippen molar-refractivity contribution >= 4 is 17.3 Å². The van der Waals surface area contributed by atoms with Crippen LogP contribution in [0.4, 0.5) is 0 Å². The van der Waals surface area contributed by atoms with Gasteiger partial charge in [-0.15, -0.1) is 0 Å². The van der Waals surface area contributed by atoms with E-state index in [2.05, 4.69) is 0 Å². The van der Waals surface area contributed by atoms with Crippen LogP contribution in [-0.2, 0) is 14.3 Å². The number of hydrogen-bond donors (Lipinski definition) is 0. The van der Waals surface area contributed by atoms with Crippen LogP contribution in [0, 0.1) is 0 Å². The van der Waals surface area contributed by atoms with Gasteiger partial charge in [-0.25, -0.2) is 0 Å². The Bertz CT molecular complexity index is 1030. The Morgan fingerprint density at radius 3 is 2.00 bits per heavy atom. The van der Waals surface area contributed by atoms with Crippen molar-refractivity contribution in [3.63, 3.8) is 0 Å². The lowest BCUT2D eigenvalue weighted by Gasteiger charge is -2.28. The van der Waals surface area contributed by atoms with Crippen molar-refractivity contribution in [3.8, 4) is 0 Å². The number of hydrogen-bond acceptors (Lipinski definition) is 5. The number of carbonyl (C=O) groups excluding carboxylic acids is 3. The molecule has 4 rings (SSSR count). The van der Waals surface area contributed by atoms with Gasteiger partial charge < -0.3 is 9.47 Å². The van der Waals surface area contributed by atoms with Crippen LogP contribution in [0.2, 0.25) is 0 Å². The molecule has 140 valence electrons. The summed E-state index contributed by atoms with van der Waals surface area (Å²) in [5.41, 5.74) is -0.152. The third kappa shape index (κ3) is 2.72. The first-order valence-corrected chi connectivity index (χ1v) is 8.89. The van der Waals surface area contributed by atoms with E-state index in [1.807, 2.05) is 0 Å². The zero-order valence-corrected chi connectivity index (χ0v) is 15.5. The maximum atomic E-state index is 13.4. The molecule has 0 radical (unpaired) electrons. The molecule has 2 atom stereocenters. The molecular weight excluding hydrogens is 356 g/mol. The van der Waals surface area contributed by atoms with Crippen LogP contribution in [0.5, 0.6) is 0 Å². The van der Waals surface area contributed by atoms with Gasteiger partial charge in [0, 0.05) is 22.3 Å². The molecule has 28 heavy (non-hydrogen) atoms. The molecule has 5 heteroatoms. The van der Waals surface area contributed by atoms with Crippen LogP contribution in [0.25, 0.3) is 0 Å². The summed E-state index contributed by atoms with van der Waals surface area (Å²) >= 11 is 0. The van der Waals surface area contributed by atoms with E-state index in [-0.39, 0.29) is 22.7 Å². The molecule has 0 aliphatic carbocycles. The van der Waals surface area contributed by atoms with E-state index < -0.39 is 23.3 Å². The molecule has 2 bridgehead atoms. The zero-order chi connectivity index (χ0) is 19.9. The highest BCUT2D eigenvalue weighted by atomic mass is 16.5. The van der Waals surface area contributed by atoms with E-state index in [4.69, 9.17) is 9.47 Å². The quantitative estimate of drug-likeness (QED) is 0.751. The standard InChI is InChI=1S/C23H18O5/c1-23-13-16(27-2)21(26)22(28-23)17(19(24)14-9-5-3-6-10-14)18(23)20(25)15-11-7-4-8-12-15/h3-13,22H,1-2H3/t22-,23-/m0/s1. The summed E-state index contributed by atoms with van der Waals surface area (Å²) in [6.07, 6.45) is 0.313. The molecule has 0 spiro atoms. The van der Waals surface area contributed by atoms with E-state index in [1.54, 1.807) is 67.6 Å². The Morgan fingerprint density at radius 2 is 1.46 bits per heavy atom. The van der Waals surface area contributed by atoms with E-state index in [0.29, 0.717) is 11.1 Å². The van der Waals surface area contributed by atoms with Gasteiger partial charge in [0.2, 0.25) is 5.78 Å². The van der Waals surface area contributed by atoms with Crippen molar-refractivity contribution in [1.29, 1.82) is 0 Å². The highest BCUT2D eigenvalue weighted by Gasteiger charge is 2.54. The second-order valence-electron chi connectivity index (χ2n) is 6.86. The van der Waals surface area contributed by atoms with Gasteiger partial charge in [-0.05, 0) is 13.0 Å². The lowest BCUT2D eigenvalue weighted by molar-refractivity contribution is -0.133. The van der Waals surface area contributed by atoms with Crippen LogP contribution in [0.3, 0.4) is 0 Å². The molecule has 2 heterocycles. The number of methoxy groups -OCH3 is 1. The number of Topliss-reactive ketones (excluding diaryl/α,β-unsaturated/α-hetero) is 3. The van der Waals surface area contributed by atoms with Gasteiger partial charge in [-0.1, -0.05) is 60.7 Å². The summed E-state index contributed by atoms with van der Waals surface area (Å²) in [6.45, 7) is 1.67. The number of ketones is 3. The van der Waals surface area contributed by atoms with Crippen molar-refractivity contribution in [2.75, 3.05) is 7.11 Å². The average Bonchev–Trinajstić information content (AvgIpc) is 3.00. The van der Waals surface area contributed by atoms with Crippen LogP contribution in [0.1, 0.15) is 27.6 Å². The number of rotatable bonds is 5. The normalized spacial score (nSPS) is 23.4. The Hall–Kier alpha value is -3.31. The van der Waals surface area contributed by atoms with Crippen LogP contribution < -0.4 is 0 Å². The van der Waals surface area contributed by atoms with Crippen LogP contribution in [0.15, 0.2) is 83.6 Å².